The van der Waals surface area contributed by atoms with Crippen LogP contribution in [0.1, 0.15) is 66.1 Å². The lowest BCUT2D eigenvalue weighted by Gasteiger charge is -2.11. The van der Waals surface area contributed by atoms with Gasteiger partial charge in [0.15, 0.2) is 0 Å². The summed E-state index contributed by atoms with van der Waals surface area (Å²) in [6.07, 6.45) is 11.1. The molecular weight excluding hydrogens is 460 g/mol. The molecule has 0 spiro atoms. The highest BCUT2D eigenvalue weighted by molar-refractivity contribution is 7.12. The minimum absolute atomic E-state index is 0.155. The van der Waals surface area contributed by atoms with Crippen molar-refractivity contribution in [3.8, 4) is 11.3 Å². The van der Waals surface area contributed by atoms with Crippen molar-refractivity contribution < 1.29 is 8.78 Å². The molecule has 0 aliphatic heterocycles. The molecule has 0 amide bonds. The number of thiophene rings is 1. The molecule has 3 nitrogen and oxygen atoms in total. The molecule has 2 heterocycles. The summed E-state index contributed by atoms with van der Waals surface area (Å²) in [6, 6.07) is 15.9. The number of alkyl halides is 2. The molecule has 0 bridgehead atoms. The van der Waals surface area contributed by atoms with Crippen LogP contribution in [-0.4, -0.2) is 16.6 Å². The van der Waals surface area contributed by atoms with E-state index in [-0.39, 0.29) is 11.4 Å². The van der Waals surface area contributed by atoms with Gasteiger partial charge in [0.2, 0.25) is 0 Å². The molecule has 0 aliphatic carbocycles. The zero-order valence-electron chi connectivity index (χ0n) is 20.6. The number of hydrogen-bond acceptors (Lipinski definition) is 4. The summed E-state index contributed by atoms with van der Waals surface area (Å²) in [5, 5.41) is 8.35. The number of nitrogens with zero attached hydrogens (tertiary/aromatic N) is 1. The minimum atomic E-state index is -3.20. The third kappa shape index (κ3) is 7.96. The number of nitrogens with two attached hydrogens (primary N) is 1. The first-order valence-electron chi connectivity index (χ1n) is 12.0. The van der Waals surface area contributed by atoms with Crippen LogP contribution in [0.15, 0.2) is 60.3 Å². The van der Waals surface area contributed by atoms with Gasteiger partial charge in [-0.3, -0.25) is 5.41 Å². The molecule has 3 aromatic rings. The van der Waals surface area contributed by atoms with E-state index in [0.29, 0.717) is 5.69 Å². The maximum atomic E-state index is 13.6. The van der Waals surface area contributed by atoms with Crippen molar-refractivity contribution in [1.82, 2.24) is 4.98 Å². The molecule has 0 atom stereocenters. The Labute approximate surface area is 210 Å². The van der Waals surface area contributed by atoms with Gasteiger partial charge in [0, 0.05) is 22.2 Å². The highest BCUT2D eigenvalue weighted by atomic mass is 32.1. The number of aromatic nitrogens is 1. The molecule has 0 saturated heterocycles. The van der Waals surface area contributed by atoms with E-state index >= 15 is 0 Å². The SMILES string of the molecule is CCCCCCc1ccc(/C=C/c2cc(C(=N)C=C(N)C(C)(F)F)nc(-c3ccc(C)cc3)c2)s1. The van der Waals surface area contributed by atoms with Crippen molar-refractivity contribution in [3.63, 3.8) is 0 Å². The van der Waals surface area contributed by atoms with Crippen LogP contribution in [-0.2, 0) is 6.42 Å². The normalized spacial score (nSPS) is 12.4. The van der Waals surface area contributed by atoms with E-state index in [4.69, 9.17) is 11.1 Å². The number of pyridine rings is 1. The van der Waals surface area contributed by atoms with Crippen LogP contribution in [0.4, 0.5) is 8.78 Å². The molecule has 0 unspecified atom stereocenters. The van der Waals surface area contributed by atoms with E-state index in [1.54, 1.807) is 17.4 Å². The maximum Gasteiger partial charge on any atom is 0.284 e. The molecule has 35 heavy (non-hydrogen) atoms. The van der Waals surface area contributed by atoms with Crippen LogP contribution in [0.5, 0.6) is 0 Å². The highest BCUT2D eigenvalue weighted by Gasteiger charge is 2.25. The predicted octanol–water partition coefficient (Wildman–Crippen LogP) is 8.28. The van der Waals surface area contributed by atoms with Crippen molar-refractivity contribution in [2.45, 2.75) is 58.8 Å². The van der Waals surface area contributed by atoms with Gasteiger partial charge in [-0.1, -0.05) is 62.1 Å². The van der Waals surface area contributed by atoms with Gasteiger partial charge in [0.05, 0.1) is 22.8 Å². The van der Waals surface area contributed by atoms with E-state index in [1.807, 2.05) is 49.4 Å². The standard InChI is InChI=1S/C29H33F2N3S/c1-4-5-6-7-8-23-15-16-24(35-23)14-11-21-17-26(22-12-9-20(2)10-13-22)34-27(18-21)25(32)19-28(33)29(3,30)31/h9-19,32H,4-8,33H2,1-3H3/b14-11+,28-19?,32-25?. The first-order valence-corrected chi connectivity index (χ1v) is 12.8. The smallest absolute Gasteiger partial charge is 0.284 e. The van der Waals surface area contributed by atoms with Gasteiger partial charge < -0.3 is 5.73 Å². The average Bonchev–Trinajstić information content (AvgIpc) is 3.28. The van der Waals surface area contributed by atoms with Crippen molar-refractivity contribution in [2.75, 3.05) is 0 Å². The van der Waals surface area contributed by atoms with Gasteiger partial charge >= 0.3 is 0 Å². The van der Waals surface area contributed by atoms with E-state index < -0.39 is 11.6 Å². The summed E-state index contributed by atoms with van der Waals surface area (Å²) >= 11 is 1.78. The summed E-state index contributed by atoms with van der Waals surface area (Å²) in [5.41, 5.74) is 8.51. The number of nitrogens with one attached hydrogen (secondary N) is 1. The summed E-state index contributed by atoms with van der Waals surface area (Å²) in [5.74, 6) is -3.20. The Morgan fingerprint density at radius 2 is 1.80 bits per heavy atom. The first kappa shape index (κ1) is 26.5. The maximum absolute atomic E-state index is 13.6. The lowest BCUT2D eigenvalue weighted by Crippen LogP contribution is -2.22. The zero-order chi connectivity index (χ0) is 25.4. The number of benzene rings is 1. The Bertz CT molecular complexity index is 1200. The average molecular weight is 494 g/mol. The second kappa shape index (κ2) is 12.0. The van der Waals surface area contributed by atoms with Crippen LogP contribution in [0.2, 0.25) is 0 Å². The van der Waals surface area contributed by atoms with Gasteiger partial charge in [-0.05, 0) is 61.7 Å². The number of allylic oxidation sites excluding steroid dienone is 2. The molecule has 0 saturated carbocycles. The number of halogens is 2. The molecule has 0 radical (unpaired) electrons. The molecule has 0 aliphatic rings. The Morgan fingerprint density at radius 3 is 2.49 bits per heavy atom. The molecular formula is C29H33F2N3S. The Kier molecular flexibility index (Phi) is 9.10. The second-order valence-corrected chi connectivity index (χ2v) is 10.1. The van der Waals surface area contributed by atoms with E-state index in [1.165, 1.54) is 30.6 Å². The molecule has 6 heteroatoms. The van der Waals surface area contributed by atoms with Gasteiger partial charge in [-0.15, -0.1) is 11.3 Å². The van der Waals surface area contributed by atoms with Crippen LogP contribution in [0, 0.1) is 12.3 Å². The quantitative estimate of drug-likeness (QED) is 0.208. The third-order valence-electron chi connectivity index (χ3n) is 5.68. The summed E-state index contributed by atoms with van der Waals surface area (Å²) in [7, 11) is 0. The minimum Gasteiger partial charge on any atom is -0.397 e. The molecule has 0 fully saturated rings. The molecule has 1 aromatic carbocycles. The van der Waals surface area contributed by atoms with Gasteiger partial charge in [-0.2, -0.15) is 0 Å². The fraction of sp³-hybridized carbons (Fsp3) is 0.310. The largest absolute Gasteiger partial charge is 0.397 e. The number of rotatable bonds is 11. The monoisotopic (exact) mass is 493 g/mol. The fourth-order valence-corrected chi connectivity index (χ4v) is 4.49. The summed E-state index contributed by atoms with van der Waals surface area (Å²) < 4.78 is 27.1. The molecule has 3 N–H and O–H groups in total. The zero-order valence-corrected chi connectivity index (χ0v) is 21.4. The van der Waals surface area contributed by atoms with Gasteiger partial charge in [0.25, 0.3) is 5.92 Å². The van der Waals surface area contributed by atoms with Crippen molar-refractivity contribution in [3.05, 3.63) is 86.9 Å². The number of hydrogen-bond donors (Lipinski definition) is 2. The van der Waals surface area contributed by atoms with Gasteiger partial charge in [-0.25, -0.2) is 13.8 Å². The molecule has 3 rings (SSSR count). The Hall–Kier alpha value is -3.12. The number of unbranched alkanes of at least 4 members (excludes halogenated alkanes) is 3. The van der Waals surface area contributed by atoms with Crippen molar-refractivity contribution in [1.29, 1.82) is 5.41 Å². The van der Waals surface area contributed by atoms with Crippen LogP contribution < -0.4 is 5.73 Å². The van der Waals surface area contributed by atoms with Crippen LogP contribution >= 0.6 is 11.3 Å². The lowest BCUT2D eigenvalue weighted by molar-refractivity contribution is 0.0619. The highest BCUT2D eigenvalue weighted by Crippen LogP contribution is 2.25. The summed E-state index contributed by atoms with van der Waals surface area (Å²) in [6.45, 7) is 4.94. The molecule has 184 valence electrons. The fourth-order valence-electron chi connectivity index (χ4n) is 3.54. The Balaban J connectivity index is 1.89. The third-order valence-corrected chi connectivity index (χ3v) is 6.79. The van der Waals surface area contributed by atoms with Crippen LogP contribution in [0.25, 0.3) is 23.4 Å². The lowest BCUT2D eigenvalue weighted by atomic mass is 10.0. The first-order chi connectivity index (χ1) is 16.7. The van der Waals surface area contributed by atoms with Crippen molar-refractivity contribution in [2.24, 2.45) is 5.73 Å². The van der Waals surface area contributed by atoms with Crippen LogP contribution in [0.3, 0.4) is 0 Å². The molecule has 2 aromatic heterocycles. The topological polar surface area (TPSA) is 62.8 Å². The predicted molar refractivity (Wildman–Crippen MR) is 145 cm³/mol. The van der Waals surface area contributed by atoms with Crippen molar-refractivity contribution >= 4 is 29.2 Å². The summed E-state index contributed by atoms with van der Waals surface area (Å²) in [4.78, 5) is 7.10. The van der Waals surface area contributed by atoms with E-state index in [0.717, 1.165) is 41.0 Å². The number of aryl methyl sites for hydroxylation is 2. The second-order valence-electron chi connectivity index (χ2n) is 8.89. The van der Waals surface area contributed by atoms with Gasteiger partial charge in [0.1, 0.15) is 0 Å². The van der Waals surface area contributed by atoms with E-state index in [2.05, 4.69) is 24.0 Å². The Morgan fingerprint density at radius 1 is 1.06 bits per heavy atom. The van der Waals surface area contributed by atoms with E-state index in [9.17, 15) is 8.78 Å².